The van der Waals surface area contributed by atoms with Gasteiger partial charge in [0.2, 0.25) is 5.91 Å². The minimum atomic E-state index is -0.569. The molecule has 0 radical (unpaired) electrons. The number of nitrogens with two attached hydrogens (primary N) is 1. The third kappa shape index (κ3) is 1.85. The smallest absolute Gasteiger partial charge is 0.355 e. The number of nitrogen functional groups attached to an aromatic ring is 1. The summed E-state index contributed by atoms with van der Waals surface area (Å²) in [7, 11) is 0. The van der Waals surface area contributed by atoms with Crippen molar-refractivity contribution in [1.29, 1.82) is 0 Å². The second kappa shape index (κ2) is 4.20. The van der Waals surface area contributed by atoms with Crippen molar-refractivity contribution in [2.75, 3.05) is 10.6 Å². The van der Waals surface area contributed by atoms with E-state index in [0.717, 1.165) is 4.90 Å². The van der Waals surface area contributed by atoms with Crippen molar-refractivity contribution in [3.05, 3.63) is 48.6 Å². The molecule has 1 aromatic carbocycles. The summed E-state index contributed by atoms with van der Waals surface area (Å²) >= 11 is 0. The van der Waals surface area contributed by atoms with Crippen molar-refractivity contribution in [2.45, 2.75) is 0 Å². The number of nitrogens with zero attached hydrogens (tertiary/aromatic N) is 2. The number of rotatable bonds is 1. The Kier molecular flexibility index (Phi) is 2.52. The van der Waals surface area contributed by atoms with E-state index in [-0.39, 0.29) is 5.91 Å². The Morgan fingerprint density at radius 1 is 1.11 bits per heavy atom. The summed E-state index contributed by atoms with van der Waals surface area (Å²) in [4.78, 5) is 29.4. The van der Waals surface area contributed by atoms with E-state index < -0.39 is 11.9 Å². The molecule has 19 heavy (non-hydrogen) atoms. The summed E-state index contributed by atoms with van der Waals surface area (Å²) in [6, 6.07) is 5.99. The lowest BCUT2D eigenvalue weighted by molar-refractivity contribution is -0.118. The Hall–Kier alpha value is -2.69. The van der Waals surface area contributed by atoms with Gasteiger partial charge in [-0.1, -0.05) is 18.2 Å². The molecule has 1 heterocycles. The largest absolute Gasteiger partial charge is 0.399 e. The molecule has 2 N–H and O–H groups in total. The number of aliphatic imine (C=N–C) groups is 1. The van der Waals surface area contributed by atoms with Crippen molar-refractivity contribution >= 4 is 29.0 Å². The Bertz CT molecular complexity index is 641. The summed E-state index contributed by atoms with van der Waals surface area (Å²) < 4.78 is 0. The molecule has 0 fully saturated rings. The number of fused-ring (bicyclic) bond motifs is 1. The van der Waals surface area contributed by atoms with Crippen LogP contribution in [0, 0.1) is 5.92 Å². The number of hydrogen-bond donors (Lipinski definition) is 1. The highest BCUT2D eigenvalue weighted by atomic mass is 16.2. The van der Waals surface area contributed by atoms with Crippen LogP contribution in [0.3, 0.4) is 0 Å². The molecule has 2 aliphatic rings. The maximum Gasteiger partial charge on any atom is 0.355 e. The number of amides is 3. The highest BCUT2D eigenvalue weighted by Crippen LogP contribution is 2.25. The van der Waals surface area contributed by atoms with Crippen LogP contribution in [-0.4, -0.2) is 17.6 Å². The first-order chi connectivity index (χ1) is 9.16. The van der Waals surface area contributed by atoms with Gasteiger partial charge in [0.15, 0.2) is 0 Å². The van der Waals surface area contributed by atoms with E-state index in [2.05, 4.69) is 4.99 Å². The van der Waals surface area contributed by atoms with E-state index in [1.807, 2.05) is 0 Å². The van der Waals surface area contributed by atoms with E-state index in [0.29, 0.717) is 17.1 Å². The second-order valence-corrected chi connectivity index (χ2v) is 4.31. The summed E-state index contributed by atoms with van der Waals surface area (Å²) in [5.74, 6) is -0.777. The zero-order valence-electron chi connectivity index (χ0n) is 9.98. The second-order valence-electron chi connectivity index (χ2n) is 4.31. The third-order valence-corrected chi connectivity index (χ3v) is 3.05. The molecule has 1 aliphatic carbocycles. The average Bonchev–Trinajstić information content (AvgIpc) is 2.41. The lowest BCUT2D eigenvalue weighted by atomic mass is 9.95. The molecule has 3 rings (SSSR count). The average molecular weight is 253 g/mol. The summed E-state index contributed by atoms with van der Waals surface area (Å²) in [6.07, 6.45) is 6.95. The fraction of sp³-hybridized carbons (Fsp3) is 0.0714. The van der Waals surface area contributed by atoms with Crippen LogP contribution in [-0.2, 0) is 4.79 Å². The minimum absolute atomic E-state index is 0.291. The van der Waals surface area contributed by atoms with Gasteiger partial charge in [0.05, 0.1) is 17.3 Å². The van der Waals surface area contributed by atoms with E-state index in [1.165, 1.54) is 0 Å². The van der Waals surface area contributed by atoms with Crippen LogP contribution >= 0.6 is 0 Å². The molecule has 0 bridgehead atoms. The van der Waals surface area contributed by atoms with Crippen LogP contribution in [0.1, 0.15) is 0 Å². The topological polar surface area (TPSA) is 75.8 Å². The zero-order chi connectivity index (χ0) is 13.4. The zero-order valence-corrected chi connectivity index (χ0v) is 9.98. The van der Waals surface area contributed by atoms with Gasteiger partial charge in [-0.2, -0.15) is 4.99 Å². The maximum absolute atomic E-state index is 12.4. The number of carbonyl (C=O) groups excluding carboxylic acids is 2. The van der Waals surface area contributed by atoms with E-state index in [9.17, 15) is 9.59 Å². The van der Waals surface area contributed by atoms with Gasteiger partial charge in [-0.15, -0.1) is 0 Å². The van der Waals surface area contributed by atoms with Crippen LogP contribution < -0.4 is 10.6 Å². The van der Waals surface area contributed by atoms with Crippen LogP contribution in [0.4, 0.5) is 16.2 Å². The molecule has 1 aromatic rings. The highest BCUT2D eigenvalue weighted by Gasteiger charge is 2.36. The fourth-order valence-corrected chi connectivity index (χ4v) is 2.10. The normalized spacial score (nSPS) is 21.4. The van der Waals surface area contributed by atoms with Gasteiger partial charge in [-0.25, -0.2) is 9.69 Å². The van der Waals surface area contributed by atoms with Crippen LogP contribution in [0.15, 0.2) is 53.6 Å². The van der Waals surface area contributed by atoms with Crippen LogP contribution in [0.5, 0.6) is 0 Å². The summed E-state index contributed by atoms with van der Waals surface area (Å²) in [5, 5.41) is 0. The Balaban J connectivity index is 2.03. The number of anilines is 2. The molecule has 5 nitrogen and oxygen atoms in total. The van der Waals surface area contributed by atoms with E-state index >= 15 is 0 Å². The molecular formula is C14H11N3O2. The highest BCUT2D eigenvalue weighted by molar-refractivity contribution is 6.30. The molecule has 0 saturated carbocycles. The van der Waals surface area contributed by atoms with Crippen LogP contribution in [0.25, 0.3) is 0 Å². The summed E-state index contributed by atoms with van der Waals surface area (Å²) in [6.45, 7) is 0. The molecule has 94 valence electrons. The van der Waals surface area contributed by atoms with Crippen molar-refractivity contribution in [3.63, 3.8) is 0 Å². The van der Waals surface area contributed by atoms with Crippen molar-refractivity contribution in [3.8, 4) is 0 Å². The van der Waals surface area contributed by atoms with E-state index in [4.69, 9.17) is 5.73 Å². The van der Waals surface area contributed by atoms with Crippen molar-refractivity contribution < 1.29 is 9.59 Å². The predicted molar refractivity (Wildman–Crippen MR) is 72.9 cm³/mol. The third-order valence-electron chi connectivity index (χ3n) is 3.05. The monoisotopic (exact) mass is 253 g/mol. The molecule has 3 amide bonds. The number of urea groups is 1. The van der Waals surface area contributed by atoms with Gasteiger partial charge >= 0.3 is 6.03 Å². The number of carbonyl (C=O) groups is 2. The van der Waals surface area contributed by atoms with Crippen molar-refractivity contribution in [2.24, 2.45) is 10.9 Å². The van der Waals surface area contributed by atoms with Gasteiger partial charge < -0.3 is 5.73 Å². The van der Waals surface area contributed by atoms with Crippen LogP contribution in [0.2, 0.25) is 0 Å². The minimum Gasteiger partial charge on any atom is -0.399 e. The maximum atomic E-state index is 12.4. The molecule has 1 atom stereocenters. The molecule has 5 heteroatoms. The van der Waals surface area contributed by atoms with Crippen molar-refractivity contribution in [1.82, 2.24) is 0 Å². The van der Waals surface area contributed by atoms with E-state index in [1.54, 1.807) is 48.6 Å². The quantitative estimate of drug-likeness (QED) is 0.777. The summed E-state index contributed by atoms with van der Waals surface area (Å²) in [5.41, 5.74) is 7.14. The molecule has 0 saturated heterocycles. The number of allylic oxidation sites excluding steroid dienone is 3. The molecule has 1 unspecified atom stereocenters. The number of hydrogen-bond acceptors (Lipinski definition) is 3. The molecule has 0 spiro atoms. The Labute approximate surface area is 109 Å². The molecule has 0 aromatic heterocycles. The first-order valence-electron chi connectivity index (χ1n) is 5.84. The SMILES string of the molecule is Nc1ccc(N2C(=O)N=C3C=CC=CC3C2=O)cc1. The first-order valence-corrected chi connectivity index (χ1v) is 5.84. The number of benzene rings is 1. The standard InChI is InChI=1S/C14H11N3O2/c15-9-5-7-10(8-6-9)17-13(18)11-3-1-2-4-12(11)16-14(17)19/h1-8,11H,15H2. The lowest BCUT2D eigenvalue weighted by Gasteiger charge is -2.28. The fourth-order valence-electron chi connectivity index (χ4n) is 2.10. The Morgan fingerprint density at radius 2 is 1.84 bits per heavy atom. The Morgan fingerprint density at radius 3 is 2.58 bits per heavy atom. The molecular weight excluding hydrogens is 242 g/mol. The van der Waals surface area contributed by atoms with Gasteiger partial charge in [0.25, 0.3) is 0 Å². The first kappa shape index (κ1) is 11.4. The van der Waals surface area contributed by atoms with Gasteiger partial charge in [-0.3, -0.25) is 4.79 Å². The predicted octanol–water partition coefficient (Wildman–Crippen LogP) is 1.92. The van der Waals surface area contributed by atoms with Gasteiger partial charge in [0.1, 0.15) is 0 Å². The van der Waals surface area contributed by atoms with Gasteiger partial charge in [-0.05, 0) is 30.3 Å². The molecule has 1 aliphatic heterocycles. The lowest BCUT2D eigenvalue weighted by Crippen LogP contribution is -2.46. The van der Waals surface area contributed by atoms with Gasteiger partial charge in [0, 0.05) is 5.69 Å². The number of imide groups is 1.